The number of nitrogens with one attached hydrogen (secondary N) is 2. The van der Waals surface area contributed by atoms with Crippen LogP contribution in [-0.2, 0) is 9.59 Å². The van der Waals surface area contributed by atoms with Crippen LogP contribution in [0, 0.1) is 5.41 Å². The van der Waals surface area contributed by atoms with Gasteiger partial charge >= 0.3 is 6.03 Å². The van der Waals surface area contributed by atoms with E-state index in [-0.39, 0.29) is 13.1 Å². The Hall–Kier alpha value is -2.08. The van der Waals surface area contributed by atoms with Gasteiger partial charge in [0, 0.05) is 11.6 Å². The number of carbonyl (C=O) groups is 3. The zero-order valence-corrected chi connectivity index (χ0v) is 15.2. The molecule has 1 aliphatic heterocycles. The molecule has 1 aliphatic rings. The molecule has 0 radical (unpaired) electrons. The standard InChI is InChI=1S/C17H24ClN3O3/c1-6-13(18)8-7-12(2)9-21(11-22)10-17(16(3,4)5)14(23)19-15(24)20-17/h6-8,11H,2,9-10H2,1,3-5H3,(H2,19,20,23,24)/b8-7-,13-6+. The van der Waals surface area contributed by atoms with Crippen molar-refractivity contribution in [1.29, 1.82) is 0 Å². The largest absolute Gasteiger partial charge is 0.338 e. The molecule has 0 saturated carbocycles. The highest BCUT2D eigenvalue weighted by Crippen LogP contribution is 2.33. The first-order valence-electron chi connectivity index (χ1n) is 7.56. The first-order valence-corrected chi connectivity index (χ1v) is 7.94. The molecule has 4 amide bonds. The number of rotatable bonds is 7. The fourth-order valence-corrected chi connectivity index (χ4v) is 2.47. The van der Waals surface area contributed by atoms with Crippen molar-refractivity contribution in [3.8, 4) is 0 Å². The summed E-state index contributed by atoms with van der Waals surface area (Å²) in [7, 11) is 0. The SMILES string of the molecule is C=C(/C=C\C(Cl)=C/C)CN(C=O)CC1(C(C)(C)C)NC(=O)NC1=O. The van der Waals surface area contributed by atoms with E-state index in [0.717, 1.165) is 0 Å². The van der Waals surface area contributed by atoms with Crippen LogP contribution < -0.4 is 10.6 Å². The van der Waals surface area contributed by atoms with Gasteiger partial charge in [-0.05, 0) is 24.0 Å². The van der Waals surface area contributed by atoms with Gasteiger partial charge in [-0.2, -0.15) is 0 Å². The molecule has 7 heteroatoms. The van der Waals surface area contributed by atoms with E-state index in [0.29, 0.717) is 17.0 Å². The molecule has 1 unspecified atom stereocenters. The highest BCUT2D eigenvalue weighted by atomic mass is 35.5. The van der Waals surface area contributed by atoms with Crippen LogP contribution in [0.4, 0.5) is 4.79 Å². The Labute approximate surface area is 147 Å². The minimum atomic E-state index is -1.20. The Morgan fingerprint density at radius 1 is 1.33 bits per heavy atom. The van der Waals surface area contributed by atoms with Gasteiger partial charge in [0.15, 0.2) is 0 Å². The second kappa shape index (κ2) is 7.66. The fourth-order valence-electron chi connectivity index (χ4n) is 2.41. The molecule has 0 spiro atoms. The van der Waals surface area contributed by atoms with Crippen LogP contribution in [0.25, 0.3) is 0 Å². The Morgan fingerprint density at radius 2 is 1.96 bits per heavy atom. The summed E-state index contributed by atoms with van der Waals surface area (Å²) in [5.74, 6) is -0.440. The average Bonchev–Trinajstić information content (AvgIpc) is 2.78. The van der Waals surface area contributed by atoms with Crippen molar-refractivity contribution in [2.75, 3.05) is 13.1 Å². The van der Waals surface area contributed by atoms with Crippen LogP contribution in [0.15, 0.2) is 35.4 Å². The molecular weight excluding hydrogens is 330 g/mol. The number of hydrogen-bond donors (Lipinski definition) is 2. The summed E-state index contributed by atoms with van der Waals surface area (Å²) in [6.45, 7) is 11.5. The summed E-state index contributed by atoms with van der Waals surface area (Å²) in [4.78, 5) is 36.8. The van der Waals surface area contributed by atoms with Crippen LogP contribution in [0.5, 0.6) is 0 Å². The van der Waals surface area contributed by atoms with Gasteiger partial charge in [0.05, 0.1) is 6.54 Å². The molecule has 2 N–H and O–H groups in total. The summed E-state index contributed by atoms with van der Waals surface area (Å²) < 4.78 is 0. The summed E-state index contributed by atoms with van der Waals surface area (Å²) in [5.41, 5.74) is -1.14. The van der Waals surface area contributed by atoms with Crippen LogP contribution in [-0.4, -0.2) is 41.9 Å². The molecule has 0 aliphatic carbocycles. The number of amides is 4. The Balaban J connectivity index is 2.94. The van der Waals surface area contributed by atoms with Crippen molar-refractivity contribution < 1.29 is 14.4 Å². The smallest absolute Gasteiger partial charge is 0.322 e. The van der Waals surface area contributed by atoms with E-state index in [1.165, 1.54) is 4.90 Å². The van der Waals surface area contributed by atoms with Gasteiger partial charge in [0.25, 0.3) is 5.91 Å². The van der Waals surface area contributed by atoms with E-state index in [1.807, 2.05) is 27.7 Å². The molecule has 1 atom stereocenters. The molecule has 1 saturated heterocycles. The van der Waals surface area contributed by atoms with Gasteiger partial charge in [0.2, 0.25) is 6.41 Å². The lowest BCUT2D eigenvalue weighted by molar-refractivity contribution is -0.130. The van der Waals surface area contributed by atoms with Crippen molar-refractivity contribution in [3.63, 3.8) is 0 Å². The maximum atomic E-state index is 12.3. The normalized spacial score (nSPS) is 21.6. The second-order valence-electron chi connectivity index (χ2n) is 6.74. The minimum absolute atomic E-state index is 0.0434. The van der Waals surface area contributed by atoms with Crippen molar-refractivity contribution in [1.82, 2.24) is 15.5 Å². The second-order valence-corrected chi connectivity index (χ2v) is 7.18. The van der Waals surface area contributed by atoms with Gasteiger partial charge < -0.3 is 10.2 Å². The molecular formula is C17H24ClN3O3. The first-order chi connectivity index (χ1) is 11.1. The van der Waals surface area contributed by atoms with E-state index in [9.17, 15) is 14.4 Å². The van der Waals surface area contributed by atoms with E-state index < -0.39 is 22.9 Å². The third kappa shape index (κ3) is 4.47. The van der Waals surface area contributed by atoms with Gasteiger partial charge in [-0.15, -0.1) is 0 Å². The molecule has 1 fully saturated rings. The number of halogens is 1. The molecule has 132 valence electrons. The molecule has 1 heterocycles. The third-order valence-corrected chi connectivity index (χ3v) is 4.32. The zero-order valence-electron chi connectivity index (χ0n) is 14.5. The van der Waals surface area contributed by atoms with E-state index >= 15 is 0 Å². The van der Waals surface area contributed by atoms with Gasteiger partial charge in [-0.3, -0.25) is 14.9 Å². The van der Waals surface area contributed by atoms with Crippen molar-refractivity contribution >= 4 is 29.9 Å². The monoisotopic (exact) mass is 353 g/mol. The highest BCUT2D eigenvalue weighted by molar-refractivity contribution is 6.31. The maximum Gasteiger partial charge on any atom is 0.322 e. The maximum absolute atomic E-state index is 12.3. The summed E-state index contributed by atoms with van der Waals surface area (Å²) in [6, 6.07) is -0.556. The number of allylic oxidation sites excluding steroid dienone is 3. The Bertz CT molecular complexity index is 605. The first kappa shape index (κ1) is 20.0. The molecule has 1 rings (SSSR count). The molecule has 0 aromatic rings. The number of nitrogens with zero attached hydrogens (tertiary/aromatic N) is 1. The number of carbonyl (C=O) groups excluding carboxylic acids is 3. The average molecular weight is 354 g/mol. The highest BCUT2D eigenvalue weighted by Gasteiger charge is 2.55. The molecule has 0 bridgehead atoms. The van der Waals surface area contributed by atoms with Crippen molar-refractivity contribution in [3.05, 3.63) is 35.4 Å². The lowest BCUT2D eigenvalue weighted by atomic mass is 9.73. The molecule has 24 heavy (non-hydrogen) atoms. The fraction of sp³-hybridized carbons (Fsp3) is 0.471. The van der Waals surface area contributed by atoms with Crippen molar-refractivity contribution in [2.45, 2.75) is 33.2 Å². The van der Waals surface area contributed by atoms with Crippen molar-refractivity contribution in [2.24, 2.45) is 5.41 Å². The summed E-state index contributed by atoms with van der Waals surface area (Å²) in [6.07, 6.45) is 5.75. The summed E-state index contributed by atoms with van der Waals surface area (Å²) in [5, 5.41) is 5.49. The van der Waals surface area contributed by atoms with Crippen LogP contribution in [0.1, 0.15) is 27.7 Å². The quantitative estimate of drug-likeness (QED) is 0.419. The van der Waals surface area contributed by atoms with E-state index in [4.69, 9.17) is 11.6 Å². The van der Waals surface area contributed by atoms with E-state index in [1.54, 1.807) is 18.2 Å². The lowest BCUT2D eigenvalue weighted by Gasteiger charge is -2.41. The summed E-state index contributed by atoms with van der Waals surface area (Å²) >= 11 is 5.88. The molecule has 0 aromatic carbocycles. The van der Waals surface area contributed by atoms with E-state index in [2.05, 4.69) is 17.2 Å². The number of urea groups is 1. The predicted octanol–water partition coefficient (Wildman–Crippen LogP) is 2.32. The topological polar surface area (TPSA) is 78.5 Å². The number of imide groups is 1. The van der Waals surface area contributed by atoms with Gasteiger partial charge in [0.1, 0.15) is 5.54 Å². The van der Waals surface area contributed by atoms with Crippen LogP contribution in [0.2, 0.25) is 0 Å². The number of hydrogen-bond acceptors (Lipinski definition) is 3. The minimum Gasteiger partial charge on any atom is -0.338 e. The third-order valence-electron chi connectivity index (χ3n) is 3.97. The Morgan fingerprint density at radius 3 is 2.38 bits per heavy atom. The lowest BCUT2D eigenvalue weighted by Crippen LogP contribution is -2.63. The Kier molecular flexibility index (Phi) is 6.37. The molecule has 0 aromatic heterocycles. The zero-order chi connectivity index (χ0) is 18.5. The van der Waals surface area contributed by atoms with Crippen LogP contribution >= 0.6 is 11.6 Å². The molecule has 6 nitrogen and oxygen atoms in total. The van der Waals surface area contributed by atoms with Gasteiger partial charge in [-0.1, -0.05) is 51.1 Å². The van der Waals surface area contributed by atoms with Gasteiger partial charge in [-0.25, -0.2) is 4.79 Å². The van der Waals surface area contributed by atoms with Crippen LogP contribution in [0.3, 0.4) is 0 Å². The predicted molar refractivity (Wildman–Crippen MR) is 94.4 cm³/mol.